The number of nitrogens with one attached hydrogen (secondary N) is 1. The van der Waals surface area contributed by atoms with Gasteiger partial charge in [0.2, 0.25) is 0 Å². The lowest BCUT2D eigenvalue weighted by molar-refractivity contribution is -0.113. The summed E-state index contributed by atoms with van der Waals surface area (Å²) in [5.41, 5.74) is 3.72. The van der Waals surface area contributed by atoms with Crippen molar-refractivity contribution in [1.29, 1.82) is 0 Å². The normalized spacial score (nSPS) is 14.1. The molecule has 1 N–H and O–H groups in total. The number of allylic oxidation sites excluding steroid dienone is 1. The van der Waals surface area contributed by atoms with Crippen LogP contribution in [0.15, 0.2) is 118 Å². The Labute approximate surface area is 291 Å². The molecule has 248 valence electrons. The summed E-state index contributed by atoms with van der Waals surface area (Å²) in [7, 11) is 1.57. The van der Waals surface area contributed by atoms with E-state index in [9.17, 15) is 14.4 Å². The van der Waals surface area contributed by atoms with E-state index in [0.29, 0.717) is 66.1 Å². The minimum Gasteiger partial charge on any atom is -0.497 e. The molecule has 0 saturated carbocycles. The molecule has 0 aliphatic carbocycles. The topological polar surface area (TPSA) is 108 Å². The van der Waals surface area contributed by atoms with Crippen molar-refractivity contribution >= 4 is 46.6 Å². The van der Waals surface area contributed by atoms with Gasteiger partial charge in [-0.1, -0.05) is 65.4 Å². The third kappa shape index (κ3) is 7.35. The molecule has 0 fully saturated rings. The summed E-state index contributed by atoms with van der Waals surface area (Å²) < 4.78 is 18.7. The molecule has 0 saturated heterocycles. The Morgan fingerprint density at radius 3 is 2.51 bits per heavy atom. The van der Waals surface area contributed by atoms with Crippen molar-refractivity contribution in [2.24, 2.45) is 4.99 Å². The molecule has 1 aliphatic heterocycles. The molecular weight excluding hydrogens is 662 g/mol. The molecular formula is C38H32ClN3O6S. The number of fused-ring (bicyclic) bond motifs is 1. The van der Waals surface area contributed by atoms with E-state index in [2.05, 4.69) is 5.32 Å². The number of nitrogens with zero attached hydrogens (tertiary/aromatic N) is 2. The average Bonchev–Trinajstić information content (AvgIpc) is 3.41. The number of ether oxygens (including phenoxy) is 3. The van der Waals surface area contributed by atoms with Gasteiger partial charge in [-0.15, -0.1) is 0 Å². The van der Waals surface area contributed by atoms with Crippen molar-refractivity contribution in [3.05, 3.63) is 155 Å². The highest BCUT2D eigenvalue weighted by Gasteiger charge is 2.33. The van der Waals surface area contributed by atoms with Crippen LogP contribution in [-0.2, 0) is 16.1 Å². The van der Waals surface area contributed by atoms with Crippen LogP contribution >= 0.6 is 22.9 Å². The number of amides is 1. The number of carbonyl (C=O) groups excluding carboxylic acids is 2. The molecule has 9 nitrogen and oxygen atoms in total. The van der Waals surface area contributed by atoms with Gasteiger partial charge in [0.1, 0.15) is 18.1 Å². The number of aromatic nitrogens is 1. The molecule has 0 unspecified atom stereocenters. The molecule has 5 aromatic rings. The van der Waals surface area contributed by atoms with Gasteiger partial charge in [0.25, 0.3) is 11.5 Å². The fourth-order valence-corrected chi connectivity index (χ4v) is 6.69. The number of hydrogen-bond donors (Lipinski definition) is 1. The first-order valence-electron chi connectivity index (χ1n) is 15.5. The molecule has 0 radical (unpaired) electrons. The van der Waals surface area contributed by atoms with E-state index in [4.69, 9.17) is 30.8 Å². The van der Waals surface area contributed by atoms with Crippen molar-refractivity contribution in [2.45, 2.75) is 26.5 Å². The monoisotopic (exact) mass is 693 g/mol. The number of hydrogen-bond acceptors (Lipinski definition) is 8. The molecule has 1 aromatic heterocycles. The number of anilines is 1. The number of rotatable bonds is 10. The Hall–Kier alpha value is -5.45. The molecule has 1 aliphatic rings. The lowest BCUT2D eigenvalue weighted by Gasteiger charge is -2.25. The second-order valence-corrected chi connectivity index (χ2v) is 12.5. The SMILES string of the molecule is CCOC(=O)c1ccc(COc2ccc(Cl)cc2/C=c2\sc3n(c2=O)[C@H](c2cccc(OC)c2)C(C(=O)Nc2ccccc2)=C(C)N=3)cc1. The summed E-state index contributed by atoms with van der Waals surface area (Å²) in [6.07, 6.45) is 1.72. The molecule has 4 aromatic carbocycles. The summed E-state index contributed by atoms with van der Waals surface area (Å²) in [5, 5.41) is 3.43. The van der Waals surface area contributed by atoms with E-state index >= 15 is 0 Å². The fourth-order valence-electron chi connectivity index (χ4n) is 5.48. The smallest absolute Gasteiger partial charge is 0.338 e. The number of halogens is 1. The Bertz CT molecular complexity index is 2240. The molecule has 1 amide bonds. The lowest BCUT2D eigenvalue weighted by atomic mass is 9.95. The van der Waals surface area contributed by atoms with Gasteiger partial charge in [0, 0.05) is 16.3 Å². The van der Waals surface area contributed by atoms with Crippen LogP contribution in [0.3, 0.4) is 0 Å². The van der Waals surface area contributed by atoms with Gasteiger partial charge in [-0.2, -0.15) is 0 Å². The first kappa shape index (κ1) is 33.5. The Morgan fingerprint density at radius 2 is 1.78 bits per heavy atom. The standard InChI is InChI=1S/C38H32ClN3O6S/c1-4-47-37(45)25-15-13-24(14-16-25)22-48-31-18-17-28(39)19-27(31)21-32-36(44)42-34(26-9-8-12-30(20-26)46-3)33(23(2)40-38(42)49-32)35(43)41-29-10-6-5-7-11-29/h5-21,34H,4,22H2,1-3H3,(H,41,43)/b32-21-/t34-/m1/s1. The number of esters is 1. The van der Waals surface area contributed by atoms with Gasteiger partial charge in [-0.3, -0.25) is 14.2 Å². The van der Waals surface area contributed by atoms with E-state index in [1.54, 1.807) is 86.2 Å². The number of carbonyl (C=O) groups is 2. The van der Waals surface area contributed by atoms with Crippen LogP contribution in [0.4, 0.5) is 5.69 Å². The first-order chi connectivity index (χ1) is 23.7. The zero-order valence-electron chi connectivity index (χ0n) is 26.9. The number of benzene rings is 4. The summed E-state index contributed by atoms with van der Waals surface area (Å²) in [6, 6.07) is 27.8. The number of para-hydroxylation sites is 1. The van der Waals surface area contributed by atoms with Crippen molar-refractivity contribution in [1.82, 2.24) is 4.57 Å². The van der Waals surface area contributed by atoms with Crippen LogP contribution in [-0.4, -0.2) is 30.2 Å². The van der Waals surface area contributed by atoms with Gasteiger partial charge in [-0.05, 0) is 85.6 Å². The van der Waals surface area contributed by atoms with E-state index in [0.717, 1.165) is 5.56 Å². The van der Waals surface area contributed by atoms with Gasteiger partial charge in [0.15, 0.2) is 4.80 Å². The molecule has 11 heteroatoms. The highest BCUT2D eigenvalue weighted by molar-refractivity contribution is 7.07. The predicted octanol–water partition coefficient (Wildman–Crippen LogP) is 6.29. The Kier molecular flexibility index (Phi) is 10.1. The molecule has 2 heterocycles. The van der Waals surface area contributed by atoms with Gasteiger partial charge >= 0.3 is 5.97 Å². The molecule has 49 heavy (non-hydrogen) atoms. The van der Waals surface area contributed by atoms with Crippen LogP contribution in [0.2, 0.25) is 5.02 Å². The minimum atomic E-state index is -0.773. The van der Waals surface area contributed by atoms with E-state index in [-0.39, 0.29) is 24.0 Å². The molecule has 0 bridgehead atoms. The van der Waals surface area contributed by atoms with E-state index < -0.39 is 6.04 Å². The fraction of sp³-hybridized carbons (Fsp3) is 0.158. The molecule has 1 atom stereocenters. The third-order valence-corrected chi connectivity index (χ3v) is 9.04. The summed E-state index contributed by atoms with van der Waals surface area (Å²) in [6.45, 7) is 4.04. The summed E-state index contributed by atoms with van der Waals surface area (Å²) in [5.74, 6) is 0.348. The summed E-state index contributed by atoms with van der Waals surface area (Å²) in [4.78, 5) is 45.4. The molecule has 0 spiro atoms. The van der Waals surface area contributed by atoms with Crippen molar-refractivity contribution in [3.8, 4) is 11.5 Å². The van der Waals surface area contributed by atoms with Crippen molar-refractivity contribution in [3.63, 3.8) is 0 Å². The Morgan fingerprint density at radius 1 is 1.00 bits per heavy atom. The Balaban J connectivity index is 1.38. The van der Waals surface area contributed by atoms with E-state index in [1.807, 2.05) is 42.5 Å². The van der Waals surface area contributed by atoms with Crippen LogP contribution in [0.1, 0.15) is 46.9 Å². The largest absolute Gasteiger partial charge is 0.497 e. The maximum absolute atomic E-state index is 14.3. The zero-order chi connectivity index (χ0) is 34.5. The van der Waals surface area contributed by atoms with Gasteiger partial charge in [-0.25, -0.2) is 9.79 Å². The number of thiazole rings is 1. The first-order valence-corrected chi connectivity index (χ1v) is 16.7. The summed E-state index contributed by atoms with van der Waals surface area (Å²) >= 11 is 7.62. The quantitative estimate of drug-likeness (QED) is 0.172. The highest BCUT2D eigenvalue weighted by Crippen LogP contribution is 2.32. The lowest BCUT2D eigenvalue weighted by Crippen LogP contribution is -2.40. The van der Waals surface area contributed by atoms with E-state index in [1.165, 1.54) is 11.3 Å². The van der Waals surface area contributed by atoms with Crippen LogP contribution in [0.5, 0.6) is 11.5 Å². The van der Waals surface area contributed by atoms with Crippen molar-refractivity contribution < 1.29 is 23.8 Å². The maximum atomic E-state index is 14.3. The van der Waals surface area contributed by atoms with Crippen LogP contribution in [0, 0.1) is 0 Å². The highest BCUT2D eigenvalue weighted by atomic mass is 35.5. The predicted molar refractivity (Wildman–Crippen MR) is 190 cm³/mol. The third-order valence-electron chi connectivity index (χ3n) is 7.83. The number of methoxy groups -OCH3 is 1. The zero-order valence-corrected chi connectivity index (χ0v) is 28.5. The van der Waals surface area contributed by atoms with Crippen LogP contribution in [0.25, 0.3) is 6.08 Å². The minimum absolute atomic E-state index is 0.210. The van der Waals surface area contributed by atoms with Gasteiger partial charge < -0.3 is 19.5 Å². The maximum Gasteiger partial charge on any atom is 0.338 e. The van der Waals surface area contributed by atoms with Crippen LogP contribution < -0.4 is 29.7 Å². The second kappa shape index (κ2) is 14.8. The molecule has 6 rings (SSSR count). The average molecular weight is 694 g/mol. The second-order valence-electron chi connectivity index (χ2n) is 11.1. The van der Waals surface area contributed by atoms with Crippen molar-refractivity contribution in [2.75, 3.05) is 19.0 Å². The van der Waals surface area contributed by atoms with Gasteiger partial charge in [0.05, 0.1) is 41.1 Å².